The minimum atomic E-state index is -0.245. The average Bonchev–Trinajstić information content (AvgIpc) is 2.78. The summed E-state index contributed by atoms with van der Waals surface area (Å²) < 4.78 is 0. The second-order valence-corrected chi connectivity index (χ2v) is 4.68. The predicted molar refractivity (Wildman–Crippen MR) is 66.9 cm³/mol. The lowest BCUT2D eigenvalue weighted by atomic mass is 10.1. The maximum Gasteiger partial charge on any atom is 0.222 e. The number of hydrogen-bond donors (Lipinski definition) is 2. The molecular formula is C12H15ClN2O2. The maximum atomic E-state index is 11.1. The highest BCUT2D eigenvalue weighted by molar-refractivity contribution is 6.31. The number of benzene rings is 1. The van der Waals surface area contributed by atoms with Gasteiger partial charge in [-0.2, -0.15) is 0 Å². The molecule has 1 aromatic rings. The third-order valence-corrected chi connectivity index (χ3v) is 3.51. The van der Waals surface area contributed by atoms with Gasteiger partial charge in [0, 0.05) is 23.8 Å². The summed E-state index contributed by atoms with van der Waals surface area (Å²) in [5.41, 5.74) is 6.97. The van der Waals surface area contributed by atoms with Crippen LogP contribution < -0.4 is 10.6 Å². The van der Waals surface area contributed by atoms with Gasteiger partial charge in [-0.25, -0.2) is 0 Å². The molecule has 0 spiro atoms. The molecule has 0 saturated carbocycles. The zero-order valence-electron chi connectivity index (χ0n) is 9.40. The van der Waals surface area contributed by atoms with Gasteiger partial charge in [-0.05, 0) is 24.1 Å². The molecule has 1 heterocycles. The summed E-state index contributed by atoms with van der Waals surface area (Å²) in [4.78, 5) is 13.2. The summed E-state index contributed by atoms with van der Waals surface area (Å²) in [5.74, 6) is -0.322. The van der Waals surface area contributed by atoms with Gasteiger partial charge >= 0.3 is 0 Å². The lowest BCUT2D eigenvalue weighted by Crippen LogP contribution is -2.27. The van der Waals surface area contributed by atoms with Crippen LogP contribution in [0.5, 0.6) is 0 Å². The van der Waals surface area contributed by atoms with E-state index in [-0.39, 0.29) is 18.4 Å². The zero-order valence-corrected chi connectivity index (χ0v) is 10.2. The minimum Gasteiger partial charge on any atom is -0.392 e. The van der Waals surface area contributed by atoms with Gasteiger partial charge in [0.2, 0.25) is 5.91 Å². The van der Waals surface area contributed by atoms with Crippen molar-refractivity contribution < 1.29 is 9.90 Å². The van der Waals surface area contributed by atoms with Gasteiger partial charge in [0.05, 0.1) is 12.5 Å². The summed E-state index contributed by atoms with van der Waals surface area (Å²) in [6.45, 7) is 1.38. The van der Waals surface area contributed by atoms with Crippen LogP contribution in [0.1, 0.15) is 12.0 Å². The number of amides is 1. The Labute approximate surface area is 105 Å². The zero-order chi connectivity index (χ0) is 12.4. The third kappa shape index (κ3) is 2.53. The van der Waals surface area contributed by atoms with Gasteiger partial charge in [0.1, 0.15) is 0 Å². The molecule has 1 aliphatic heterocycles. The summed E-state index contributed by atoms with van der Waals surface area (Å²) in [6, 6.07) is 5.52. The van der Waals surface area contributed by atoms with Crippen molar-refractivity contribution in [2.75, 3.05) is 18.0 Å². The highest BCUT2D eigenvalue weighted by Crippen LogP contribution is 2.28. The molecule has 0 bridgehead atoms. The molecule has 0 aromatic heterocycles. The molecule has 3 N–H and O–H groups in total. The number of primary amides is 1. The molecular weight excluding hydrogens is 240 g/mol. The van der Waals surface area contributed by atoms with E-state index >= 15 is 0 Å². The quantitative estimate of drug-likeness (QED) is 0.850. The molecule has 0 aliphatic carbocycles. The number of aliphatic hydroxyl groups excluding tert-OH is 1. The third-order valence-electron chi connectivity index (χ3n) is 3.16. The van der Waals surface area contributed by atoms with Crippen LogP contribution in [0.2, 0.25) is 5.02 Å². The van der Waals surface area contributed by atoms with Crippen LogP contribution in [0.25, 0.3) is 0 Å². The Morgan fingerprint density at radius 1 is 1.59 bits per heavy atom. The second kappa shape index (κ2) is 4.94. The predicted octanol–water partition coefficient (Wildman–Crippen LogP) is 1.14. The molecule has 1 unspecified atom stereocenters. The van der Waals surface area contributed by atoms with Gasteiger partial charge in [0.15, 0.2) is 0 Å². The van der Waals surface area contributed by atoms with Crippen molar-refractivity contribution in [1.82, 2.24) is 0 Å². The summed E-state index contributed by atoms with van der Waals surface area (Å²) in [5, 5.41) is 9.58. The standard InChI is InChI=1S/C12H15ClN2O2/c13-11-5-10(2-1-9(11)7-16)15-4-3-8(6-15)12(14)17/h1-2,5,8,16H,3-4,6-7H2,(H2,14,17). The van der Waals surface area contributed by atoms with Gasteiger partial charge in [-0.1, -0.05) is 17.7 Å². The molecule has 1 amide bonds. The number of nitrogens with two attached hydrogens (primary N) is 1. The lowest BCUT2D eigenvalue weighted by Gasteiger charge is -2.19. The smallest absolute Gasteiger partial charge is 0.222 e. The highest BCUT2D eigenvalue weighted by atomic mass is 35.5. The van der Waals surface area contributed by atoms with Gasteiger partial charge in [-0.3, -0.25) is 4.79 Å². The van der Waals surface area contributed by atoms with Crippen molar-refractivity contribution in [2.45, 2.75) is 13.0 Å². The fourth-order valence-electron chi connectivity index (χ4n) is 2.09. The van der Waals surface area contributed by atoms with Gasteiger partial charge in [0.25, 0.3) is 0 Å². The molecule has 5 heteroatoms. The Balaban J connectivity index is 2.14. The second-order valence-electron chi connectivity index (χ2n) is 4.27. The van der Waals surface area contributed by atoms with E-state index in [9.17, 15) is 4.79 Å². The van der Waals surface area contributed by atoms with E-state index in [0.29, 0.717) is 17.1 Å². The van der Waals surface area contributed by atoms with Crippen LogP contribution >= 0.6 is 11.6 Å². The van der Waals surface area contributed by atoms with Crippen LogP contribution in [0.4, 0.5) is 5.69 Å². The van der Waals surface area contributed by atoms with E-state index in [1.54, 1.807) is 6.07 Å². The molecule has 2 rings (SSSR count). The largest absolute Gasteiger partial charge is 0.392 e. The number of hydrogen-bond acceptors (Lipinski definition) is 3. The van der Waals surface area contributed by atoms with E-state index < -0.39 is 0 Å². The van der Waals surface area contributed by atoms with Crippen molar-refractivity contribution in [3.05, 3.63) is 28.8 Å². The molecule has 1 aromatic carbocycles. The van der Waals surface area contributed by atoms with E-state index in [2.05, 4.69) is 4.90 Å². The average molecular weight is 255 g/mol. The number of nitrogens with zero attached hydrogens (tertiary/aromatic N) is 1. The van der Waals surface area contributed by atoms with E-state index in [1.165, 1.54) is 0 Å². The first-order valence-corrected chi connectivity index (χ1v) is 5.93. The number of carbonyl (C=O) groups is 1. The Kier molecular flexibility index (Phi) is 3.54. The Bertz CT molecular complexity index is 437. The molecule has 17 heavy (non-hydrogen) atoms. The number of anilines is 1. The van der Waals surface area contributed by atoms with Crippen LogP contribution in [-0.4, -0.2) is 24.1 Å². The van der Waals surface area contributed by atoms with Gasteiger partial charge < -0.3 is 15.7 Å². The van der Waals surface area contributed by atoms with Crippen molar-refractivity contribution in [1.29, 1.82) is 0 Å². The topological polar surface area (TPSA) is 66.6 Å². The van der Waals surface area contributed by atoms with E-state index in [4.69, 9.17) is 22.4 Å². The molecule has 1 aliphatic rings. The summed E-state index contributed by atoms with van der Waals surface area (Å²) in [6.07, 6.45) is 0.786. The fourth-order valence-corrected chi connectivity index (χ4v) is 2.32. The number of carbonyl (C=O) groups excluding carboxylic acids is 1. The van der Waals surface area contributed by atoms with Crippen molar-refractivity contribution in [3.63, 3.8) is 0 Å². The Morgan fingerprint density at radius 2 is 2.35 bits per heavy atom. The lowest BCUT2D eigenvalue weighted by molar-refractivity contribution is -0.121. The molecule has 1 atom stereocenters. The molecule has 92 valence electrons. The molecule has 1 saturated heterocycles. The highest BCUT2D eigenvalue weighted by Gasteiger charge is 2.26. The first kappa shape index (κ1) is 12.2. The number of aliphatic hydroxyl groups is 1. The van der Waals surface area contributed by atoms with Crippen LogP contribution in [0.3, 0.4) is 0 Å². The number of halogens is 1. The molecule has 1 fully saturated rings. The van der Waals surface area contributed by atoms with Crippen molar-refractivity contribution in [2.24, 2.45) is 11.7 Å². The van der Waals surface area contributed by atoms with E-state index in [0.717, 1.165) is 18.7 Å². The maximum absolute atomic E-state index is 11.1. The first-order valence-electron chi connectivity index (χ1n) is 5.55. The minimum absolute atomic E-state index is 0.0664. The normalized spacial score (nSPS) is 19.6. The van der Waals surface area contributed by atoms with E-state index in [1.807, 2.05) is 12.1 Å². The fraction of sp³-hybridized carbons (Fsp3) is 0.417. The molecule has 0 radical (unpaired) electrons. The Morgan fingerprint density at radius 3 is 2.88 bits per heavy atom. The van der Waals surface area contributed by atoms with Crippen molar-refractivity contribution >= 4 is 23.2 Å². The van der Waals surface area contributed by atoms with Crippen molar-refractivity contribution in [3.8, 4) is 0 Å². The molecule has 4 nitrogen and oxygen atoms in total. The monoisotopic (exact) mass is 254 g/mol. The first-order chi connectivity index (χ1) is 8.11. The van der Waals surface area contributed by atoms with Gasteiger partial charge in [-0.15, -0.1) is 0 Å². The SMILES string of the molecule is NC(=O)C1CCN(c2ccc(CO)c(Cl)c2)C1. The summed E-state index contributed by atoms with van der Waals surface area (Å²) >= 11 is 6.03. The number of rotatable bonds is 3. The Hall–Kier alpha value is -1.26. The van der Waals surface area contributed by atoms with Crippen LogP contribution in [-0.2, 0) is 11.4 Å². The summed E-state index contributed by atoms with van der Waals surface area (Å²) in [7, 11) is 0. The van der Waals surface area contributed by atoms with Crippen LogP contribution in [0, 0.1) is 5.92 Å². The van der Waals surface area contributed by atoms with Crippen LogP contribution in [0.15, 0.2) is 18.2 Å².